The Morgan fingerprint density at radius 1 is 0.710 bits per heavy atom. The highest BCUT2D eigenvalue weighted by Crippen LogP contribution is 2.34. The van der Waals surface area contributed by atoms with Gasteiger partial charge in [0.1, 0.15) is 23.0 Å². The van der Waals surface area contributed by atoms with Gasteiger partial charge in [-0.25, -0.2) is 29.2 Å². The number of benzene rings is 2. The molecule has 6 aromatic heterocycles. The maximum atomic E-state index is 12.4. The molecule has 2 aromatic carbocycles. The number of furan rings is 2. The minimum Gasteiger partial charge on any atom is -0.505 e. The Hall–Kier alpha value is -8.07. The van der Waals surface area contributed by atoms with Crippen LogP contribution in [0.15, 0.2) is 78.8 Å². The van der Waals surface area contributed by atoms with Crippen LogP contribution in [-0.4, -0.2) is 101 Å². The third-order valence-corrected chi connectivity index (χ3v) is 9.79. The second kappa shape index (κ2) is 25.2. The first-order chi connectivity index (χ1) is 32.8. The number of nitrogens with two attached hydrogens (primary N) is 2. The molecule has 8 N–H and O–H groups in total. The van der Waals surface area contributed by atoms with Gasteiger partial charge in [0.05, 0.1) is 40.7 Å². The molecule has 0 bridgehead atoms. The number of nitriles is 1. The lowest BCUT2D eigenvalue weighted by Gasteiger charge is -2.19. The van der Waals surface area contributed by atoms with E-state index in [0.29, 0.717) is 12.2 Å². The number of aryl methyl sites for hydroxylation is 2. The fourth-order valence-electron chi connectivity index (χ4n) is 5.62. The zero-order valence-corrected chi connectivity index (χ0v) is 40.5. The largest absolute Gasteiger partial charge is 0.505 e. The summed E-state index contributed by atoms with van der Waals surface area (Å²) in [5.74, 6) is 3.06. The number of phenolic OH excluding ortho intramolecular Hbond substituents is 2. The monoisotopic (exact) mass is 987 g/mol. The first-order valence-corrected chi connectivity index (χ1v) is 21.5. The number of phenols is 2. The normalized spacial score (nSPS) is 11.2. The van der Waals surface area contributed by atoms with Crippen molar-refractivity contribution in [3.63, 3.8) is 0 Å². The second-order valence-electron chi connectivity index (χ2n) is 14.8. The maximum Gasteiger partial charge on any atom is 0.257 e. The number of hydrogen-bond acceptors (Lipinski definition) is 21. The number of nitrogens with one attached hydrogen (secondary N) is 2. The van der Waals surface area contributed by atoms with Crippen LogP contribution in [0.4, 0.5) is 23.0 Å². The summed E-state index contributed by atoms with van der Waals surface area (Å²) in [6.07, 6.45) is 1.63. The van der Waals surface area contributed by atoms with E-state index in [0.717, 1.165) is 29.5 Å². The number of rotatable bonds is 10. The van der Waals surface area contributed by atoms with Crippen molar-refractivity contribution in [2.24, 2.45) is 5.73 Å². The topological polar surface area (TPSA) is 337 Å². The lowest BCUT2D eigenvalue weighted by molar-refractivity contribution is 0.0817. The number of hydrogen-bond donors (Lipinski definition) is 6. The Morgan fingerprint density at radius 3 is 1.61 bits per heavy atom. The summed E-state index contributed by atoms with van der Waals surface area (Å²) < 4.78 is 20.2. The molecule has 0 fully saturated rings. The van der Waals surface area contributed by atoms with E-state index < -0.39 is 0 Å². The summed E-state index contributed by atoms with van der Waals surface area (Å²) in [6, 6.07) is 18.8. The van der Waals surface area contributed by atoms with Crippen molar-refractivity contribution in [2.75, 3.05) is 44.6 Å². The lowest BCUT2D eigenvalue weighted by atomic mass is 10.1. The SMILES string of the molecule is CC#N.CC[C@@H](N)c1ccc(C)o1.CC[C@@H](Nc1nc2nonc2nc1Nc1cccc(C(=O)N(C)C)c1O)c1ccc(C)o1.CN(C)C(=O)c1cccc(N)c1O.Clc1nc2nonc2nc1Cl. The van der Waals surface area contributed by atoms with Gasteiger partial charge in [-0.3, -0.25) is 9.59 Å². The average molecular weight is 989 g/mol. The standard InChI is InChI=1S/C21H23N7O4.C9H12N2O2.C8H13NO.C4Cl2N4O.C2H3N/c1-5-13(15-10-9-11(2)31-15)22-17-18(25-20-19(24-17)26-32-27-20)23-14-8-6-7-12(16(14)29)21(30)28(3)4;1-11(2)9(13)6-4-3-5-7(10)8(6)12;1-3-7(9)8-5-4-6(2)10-8;5-1-2(6)8-4-3(7-1)9-11-10-4;1-2-3/h6-10,13,29H,5H2,1-4H3,(H,22,24,26)(H,23,25,27);3-5,12H,10H2,1-2H3;4-5,7H,3,9H2,1-2H3;;1H3/t13-;;7-;;/m1.1../s1. The summed E-state index contributed by atoms with van der Waals surface area (Å²) in [6.45, 7) is 9.28. The van der Waals surface area contributed by atoms with E-state index in [2.05, 4.69) is 55.8 Å². The molecule has 8 rings (SSSR count). The number of para-hydroxylation sites is 2. The first kappa shape index (κ1) is 53.5. The molecule has 0 unspecified atom stereocenters. The summed E-state index contributed by atoms with van der Waals surface area (Å²) >= 11 is 11.1. The lowest BCUT2D eigenvalue weighted by Crippen LogP contribution is -2.21. The number of nitrogen functional groups attached to an aromatic ring is 1. The number of fused-ring (bicyclic) bond motifs is 2. The molecule has 0 saturated heterocycles. The second-order valence-corrected chi connectivity index (χ2v) is 15.5. The van der Waals surface area contributed by atoms with Crippen LogP contribution < -0.4 is 22.1 Å². The van der Waals surface area contributed by atoms with E-state index >= 15 is 0 Å². The number of amides is 2. The van der Waals surface area contributed by atoms with Gasteiger partial charge in [0.15, 0.2) is 33.4 Å². The van der Waals surface area contributed by atoms with Crippen molar-refractivity contribution in [1.29, 1.82) is 5.26 Å². The van der Waals surface area contributed by atoms with Gasteiger partial charge < -0.3 is 50.9 Å². The zero-order valence-electron chi connectivity index (χ0n) is 39.0. The highest BCUT2D eigenvalue weighted by Gasteiger charge is 2.22. The number of halogens is 2. The van der Waals surface area contributed by atoms with Crippen molar-refractivity contribution in [3.05, 3.63) is 105 Å². The molecule has 0 spiro atoms. The van der Waals surface area contributed by atoms with Crippen LogP contribution in [0.1, 0.15) is 89.5 Å². The van der Waals surface area contributed by atoms with Gasteiger partial charge in [-0.1, -0.05) is 49.2 Å². The maximum absolute atomic E-state index is 12.4. The molecule has 364 valence electrons. The van der Waals surface area contributed by atoms with Gasteiger partial charge >= 0.3 is 0 Å². The number of nitrogens with zero attached hydrogens (tertiary/aromatic N) is 11. The molecule has 25 heteroatoms. The molecule has 2 atom stereocenters. The van der Waals surface area contributed by atoms with E-state index in [1.807, 2.05) is 52.0 Å². The molecular formula is C44H51Cl2N15O8. The highest BCUT2D eigenvalue weighted by molar-refractivity contribution is 6.40. The first-order valence-electron chi connectivity index (χ1n) is 20.7. The Bertz CT molecular complexity index is 2960. The number of carbonyl (C=O) groups excluding carboxylic acids is 2. The molecule has 0 aliphatic heterocycles. The zero-order chi connectivity index (χ0) is 50.9. The Balaban J connectivity index is 0.000000228. The molecule has 69 heavy (non-hydrogen) atoms. The minimum atomic E-state index is -0.328. The Labute approximate surface area is 405 Å². The number of aromatic hydroxyl groups is 2. The van der Waals surface area contributed by atoms with Crippen LogP contribution in [0.3, 0.4) is 0 Å². The number of aromatic nitrogens is 8. The smallest absolute Gasteiger partial charge is 0.257 e. The third kappa shape index (κ3) is 14.5. The number of carbonyl (C=O) groups is 2. The molecule has 2 amide bonds. The molecule has 0 aliphatic carbocycles. The van der Waals surface area contributed by atoms with Gasteiger partial charge in [-0.15, -0.1) is 0 Å². The van der Waals surface area contributed by atoms with Gasteiger partial charge in [0, 0.05) is 35.1 Å². The van der Waals surface area contributed by atoms with Crippen molar-refractivity contribution < 1.29 is 37.9 Å². The van der Waals surface area contributed by atoms with Crippen LogP contribution in [0.5, 0.6) is 11.5 Å². The molecule has 8 aromatic rings. The van der Waals surface area contributed by atoms with Gasteiger partial charge in [0.25, 0.3) is 11.8 Å². The Morgan fingerprint density at radius 2 is 1.16 bits per heavy atom. The van der Waals surface area contributed by atoms with Crippen molar-refractivity contribution >= 4 is 80.6 Å². The van der Waals surface area contributed by atoms with Gasteiger partial charge in [-0.05, 0) is 95.8 Å². The summed E-state index contributed by atoms with van der Waals surface area (Å²) in [5.41, 5.74) is 13.0. The van der Waals surface area contributed by atoms with Crippen LogP contribution in [0, 0.1) is 25.2 Å². The van der Waals surface area contributed by atoms with Crippen LogP contribution in [-0.2, 0) is 0 Å². The van der Waals surface area contributed by atoms with Crippen molar-refractivity contribution in [2.45, 2.75) is 59.5 Å². The fraction of sp³-hybridized carbons (Fsp3) is 0.295. The van der Waals surface area contributed by atoms with Gasteiger partial charge in [0.2, 0.25) is 22.6 Å². The molecular weight excluding hydrogens is 937 g/mol. The van der Waals surface area contributed by atoms with Crippen molar-refractivity contribution in [3.8, 4) is 17.6 Å². The number of anilines is 4. The average Bonchev–Trinajstić information content (AvgIpc) is 4.16. The fourth-order valence-corrected chi connectivity index (χ4v) is 5.86. The molecule has 0 aliphatic rings. The molecule has 0 radical (unpaired) electrons. The quantitative estimate of drug-likeness (QED) is 0.0556. The molecule has 0 saturated carbocycles. The predicted molar refractivity (Wildman–Crippen MR) is 257 cm³/mol. The summed E-state index contributed by atoms with van der Waals surface area (Å²) in [4.78, 5) is 42.9. The predicted octanol–water partition coefficient (Wildman–Crippen LogP) is 8.15. The van der Waals surface area contributed by atoms with Crippen LogP contribution >= 0.6 is 23.2 Å². The van der Waals surface area contributed by atoms with E-state index in [9.17, 15) is 19.8 Å². The highest BCUT2D eigenvalue weighted by atomic mass is 35.5. The van der Waals surface area contributed by atoms with E-state index in [1.165, 1.54) is 22.8 Å². The molecule has 6 heterocycles. The Kier molecular flexibility index (Phi) is 19.5. The van der Waals surface area contributed by atoms with E-state index in [1.54, 1.807) is 64.6 Å². The summed E-state index contributed by atoms with van der Waals surface area (Å²) in [7, 11) is 6.46. The van der Waals surface area contributed by atoms with Crippen LogP contribution in [0.2, 0.25) is 10.3 Å². The van der Waals surface area contributed by atoms with Crippen molar-refractivity contribution in [1.82, 2.24) is 50.4 Å². The van der Waals surface area contributed by atoms with E-state index in [-0.39, 0.29) is 96.6 Å². The summed E-state index contributed by atoms with van der Waals surface area (Å²) in [5, 5.41) is 48.3. The minimum absolute atomic E-state index is 0.0636. The van der Waals surface area contributed by atoms with Gasteiger partial charge in [-0.2, -0.15) is 5.26 Å². The third-order valence-electron chi connectivity index (χ3n) is 9.17. The van der Waals surface area contributed by atoms with Crippen LogP contribution in [0.25, 0.3) is 22.6 Å². The molecule has 23 nitrogen and oxygen atoms in total. The van der Waals surface area contributed by atoms with E-state index in [4.69, 9.17) is 53.4 Å².